The molecular formula is C22H26N4O2S. The summed E-state index contributed by atoms with van der Waals surface area (Å²) >= 11 is 0. The van der Waals surface area contributed by atoms with E-state index in [4.69, 9.17) is 0 Å². The van der Waals surface area contributed by atoms with Crippen LogP contribution in [0.3, 0.4) is 0 Å². The van der Waals surface area contributed by atoms with Gasteiger partial charge in [-0.2, -0.15) is 13.5 Å². The van der Waals surface area contributed by atoms with E-state index in [0.717, 1.165) is 22.8 Å². The van der Waals surface area contributed by atoms with Crippen molar-refractivity contribution >= 4 is 13.5 Å². The highest BCUT2D eigenvalue weighted by Crippen LogP contribution is 2.06. The molecule has 0 unspecified atom stereocenters. The minimum absolute atomic E-state index is 0. The van der Waals surface area contributed by atoms with E-state index in [9.17, 15) is 9.59 Å². The van der Waals surface area contributed by atoms with E-state index >= 15 is 0 Å². The first-order valence-electron chi connectivity index (χ1n) is 9.02. The van der Waals surface area contributed by atoms with Gasteiger partial charge in [0.15, 0.2) is 0 Å². The van der Waals surface area contributed by atoms with Crippen molar-refractivity contribution in [3.05, 3.63) is 105 Å². The minimum Gasteiger partial charge on any atom is -0.285 e. The van der Waals surface area contributed by atoms with Crippen molar-refractivity contribution < 1.29 is 0 Å². The standard InChI is InChI=1S/2C11H12N2O.H2S/c2*1-9-8-11(14)13(12(9)2)10-6-4-3-5-7-10;/h2*3-8H,1-2H3;1H2. The van der Waals surface area contributed by atoms with Gasteiger partial charge in [0.25, 0.3) is 11.1 Å². The molecule has 0 fully saturated rings. The molecule has 0 amide bonds. The highest BCUT2D eigenvalue weighted by atomic mass is 32.1. The van der Waals surface area contributed by atoms with Gasteiger partial charge in [0, 0.05) is 37.6 Å². The molecule has 0 radical (unpaired) electrons. The van der Waals surface area contributed by atoms with Crippen LogP contribution in [0.25, 0.3) is 11.4 Å². The van der Waals surface area contributed by atoms with Crippen LogP contribution in [0.2, 0.25) is 0 Å². The van der Waals surface area contributed by atoms with Gasteiger partial charge in [-0.25, -0.2) is 9.36 Å². The molecule has 0 N–H and O–H groups in total. The van der Waals surface area contributed by atoms with E-state index < -0.39 is 0 Å². The fraction of sp³-hybridized carbons (Fsp3) is 0.182. The van der Waals surface area contributed by atoms with Crippen LogP contribution in [0.1, 0.15) is 11.4 Å². The molecule has 6 nitrogen and oxygen atoms in total. The van der Waals surface area contributed by atoms with E-state index in [1.54, 1.807) is 21.5 Å². The molecule has 0 saturated carbocycles. The van der Waals surface area contributed by atoms with Crippen LogP contribution in [-0.2, 0) is 14.1 Å². The average Bonchev–Trinajstić information content (AvgIpc) is 3.10. The maximum atomic E-state index is 11.6. The van der Waals surface area contributed by atoms with E-state index in [2.05, 4.69) is 0 Å². The molecule has 0 saturated heterocycles. The fourth-order valence-electron chi connectivity index (χ4n) is 3.02. The largest absolute Gasteiger partial charge is 0.285 e. The Labute approximate surface area is 176 Å². The van der Waals surface area contributed by atoms with Gasteiger partial charge in [-0.15, -0.1) is 0 Å². The number of hydrogen-bond acceptors (Lipinski definition) is 2. The molecule has 0 aliphatic heterocycles. The highest BCUT2D eigenvalue weighted by Gasteiger charge is 2.06. The fourth-order valence-corrected chi connectivity index (χ4v) is 3.02. The molecule has 152 valence electrons. The number of rotatable bonds is 2. The summed E-state index contributed by atoms with van der Waals surface area (Å²) in [5.74, 6) is 0. The molecular weight excluding hydrogens is 384 g/mol. The second-order valence-corrected chi connectivity index (χ2v) is 6.59. The number of aryl methyl sites for hydroxylation is 2. The monoisotopic (exact) mass is 410 g/mol. The maximum absolute atomic E-state index is 11.6. The molecule has 0 atom stereocenters. The zero-order chi connectivity index (χ0) is 20.3. The molecule has 0 aliphatic carbocycles. The summed E-state index contributed by atoms with van der Waals surface area (Å²) in [5, 5.41) is 0. The van der Waals surface area contributed by atoms with Crippen LogP contribution < -0.4 is 11.1 Å². The van der Waals surface area contributed by atoms with Crippen molar-refractivity contribution in [1.29, 1.82) is 0 Å². The second-order valence-electron chi connectivity index (χ2n) is 6.59. The zero-order valence-electron chi connectivity index (χ0n) is 17.0. The summed E-state index contributed by atoms with van der Waals surface area (Å²) in [7, 11) is 3.76. The molecule has 4 aromatic rings. The van der Waals surface area contributed by atoms with Gasteiger partial charge >= 0.3 is 0 Å². The Morgan fingerprint density at radius 1 is 0.586 bits per heavy atom. The summed E-state index contributed by atoms with van der Waals surface area (Å²) in [6, 6.07) is 22.5. The molecule has 2 aromatic heterocycles. The van der Waals surface area contributed by atoms with Crippen molar-refractivity contribution in [3.8, 4) is 11.4 Å². The lowest BCUT2D eigenvalue weighted by Gasteiger charge is -2.07. The molecule has 4 rings (SSSR count). The molecule has 7 heteroatoms. The Hall–Kier alpha value is -3.19. The van der Waals surface area contributed by atoms with Gasteiger partial charge in [0.05, 0.1) is 11.4 Å². The number of benzene rings is 2. The lowest BCUT2D eigenvalue weighted by atomic mass is 10.3. The SMILES string of the molecule is Cc1cc(=O)n(-c2ccccc2)n1C.Cc1cc(=O)n(-c2ccccc2)n1C.S. The van der Waals surface area contributed by atoms with Crippen LogP contribution >= 0.6 is 13.5 Å². The van der Waals surface area contributed by atoms with Crippen LogP contribution in [0, 0.1) is 13.8 Å². The van der Waals surface area contributed by atoms with E-state index in [1.165, 1.54) is 0 Å². The Kier molecular flexibility index (Phi) is 7.12. The number of nitrogens with zero attached hydrogens (tertiary/aromatic N) is 4. The molecule has 0 spiro atoms. The summed E-state index contributed by atoms with van der Waals surface area (Å²) < 4.78 is 6.99. The van der Waals surface area contributed by atoms with Crippen molar-refractivity contribution in [2.24, 2.45) is 14.1 Å². The topological polar surface area (TPSA) is 53.9 Å². The van der Waals surface area contributed by atoms with Crippen molar-refractivity contribution in [2.45, 2.75) is 13.8 Å². The normalized spacial score (nSPS) is 10.1. The van der Waals surface area contributed by atoms with Crippen molar-refractivity contribution in [3.63, 3.8) is 0 Å². The van der Waals surface area contributed by atoms with E-state index in [1.807, 2.05) is 98.0 Å². The quantitative estimate of drug-likeness (QED) is 0.510. The second kappa shape index (κ2) is 9.34. The third-order valence-electron chi connectivity index (χ3n) is 4.70. The molecule has 2 heterocycles. The van der Waals surface area contributed by atoms with Crippen LogP contribution in [0.15, 0.2) is 82.4 Å². The lowest BCUT2D eigenvalue weighted by molar-refractivity contribution is 0.630. The highest BCUT2D eigenvalue weighted by molar-refractivity contribution is 7.59. The summed E-state index contributed by atoms with van der Waals surface area (Å²) in [6.45, 7) is 3.84. The van der Waals surface area contributed by atoms with E-state index in [0.29, 0.717) is 0 Å². The van der Waals surface area contributed by atoms with Gasteiger partial charge in [0.1, 0.15) is 0 Å². The summed E-state index contributed by atoms with van der Waals surface area (Å²) in [6.07, 6.45) is 0. The Bertz CT molecular complexity index is 1090. The summed E-state index contributed by atoms with van der Waals surface area (Å²) in [5.41, 5.74) is 3.73. The van der Waals surface area contributed by atoms with E-state index in [-0.39, 0.29) is 24.6 Å². The molecule has 0 bridgehead atoms. The number of aromatic nitrogens is 4. The Morgan fingerprint density at radius 3 is 1.14 bits per heavy atom. The van der Waals surface area contributed by atoms with Gasteiger partial charge in [0.2, 0.25) is 0 Å². The third kappa shape index (κ3) is 4.63. The Morgan fingerprint density at radius 2 is 0.897 bits per heavy atom. The summed E-state index contributed by atoms with van der Waals surface area (Å²) in [4.78, 5) is 23.2. The van der Waals surface area contributed by atoms with Crippen LogP contribution in [0.4, 0.5) is 0 Å². The Balaban J connectivity index is 0.000000200. The number of hydrogen-bond donors (Lipinski definition) is 0. The number of para-hydroxylation sites is 2. The van der Waals surface area contributed by atoms with Crippen molar-refractivity contribution in [2.75, 3.05) is 0 Å². The predicted molar refractivity (Wildman–Crippen MR) is 122 cm³/mol. The first-order chi connectivity index (χ1) is 13.4. The average molecular weight is 411 g/mol. The lowest BCUT2D eigenvalue weighted by Crippen LogP contribution is -2.18. The first-order valence-corrected chi connectivity index (χ1v) is 9.02. The smallest absolute Gasteiger partial charge is 0.271 e. The van der Waals surface area contributed by atoms with Crippen molar-refractivity contribution in [1.82, 2.24) is 18.7 Å². The predicted octanol–water partition coefficient (Wildman–Crippen LogP) is 3.08. The van der Waals surface area contributed by atoms with Crippen LogP contribution in [0.5, 0.6) is 0 Å². The van der Waals surface area contributed by atoms with Gasteiger partial charge in [-0.05, 0) is 38.1 Å². The van der Waals surface area contributed by atoms with Gasteiger partial charge in [-0.1, -0.05) is 36.4 Å². The first kappa shape index (κ1) is 22.1. The van der Waals surface area contributed by atoms with Gasteiger partial charge < -0.3 is 0 Å². The molecule has 0 aliphatic rings. The third-order valence-corrected chi connectivity index (χ3v) is 4.70. The molecule has 29 heavy (non-hydrogen) atoms. The maximum Gasteiger partial charge on any atom is 0.271 e. The molecule has 2 aromatic carbocycles. The minimum atomic E-state index is 0. The zero-order valence-corrected chi connectivity index (χ0v) is 18.0. The van der Waals surface area contributed by atoms with Crippen LogP contribution in [-0.4, -0.2) is 18.7 Å². The van der Waals surface area contributed by atoms with Gasteiger partial charge in [-0.3, -0.25) is 19.0 Å².